The first-order valence-electron chi connectivity index (χ1n) is 19.3. The summed E-state index contributed by atoms with van der Waals surface area (Å²) >= 11 is 0. The second-order valence-corrected chi connectivity index (χ2v) is 33.9. The largest absolute Gasteiger partial charge is 0.458 e. The summed E-state index contributed by atoms with van der Waals surface area (Å²) in [5, 5.41) is 0.127. The maximum absolute atomic E-state index is 12.3. The number of hydrogen-bond acceptors (Lipinski definition) is 5. The maximum Gasteiger partial charge on any atom is 0.330 e. The summed E-state index contributed by atoms with van der Waals surface area (Å²) in [7, 11) is -6.38. The van der Waals surface area contributed by atoms with Crippen molar-refractivity contribution in [3.63, 3.8) is 0 Å². The third-order valence-electron chi connectivity index (χ3n) is 12.2. The molecule has 1 aliphatic heterocycles. The third kappa shape index (κ3) is 11.1. The minimum Gasteiger partial charge on any atom is -0.458 e. The van der Waals surface area contributed by atoms with E-state index in [4.69, 9.17) is 18.0 Å². The molecule has 0 aliphatic carbocycles. The van der Waals surface area contributed by atoms with Gasteiger partial charge in [-0.1, -0.05) is 124 Å². The Balaban J connectivity index is 3.66. The average molecular weight is 713 g/mol. The molecule has 1 rings (SSSR count). The lowest BCUT2D eigenvalue weighted by molar-refractivity contribution is -0.150. The van der Waals surface area contributed by atoms with E-state index >= 15 is 0 Å². The predicted molar refractivity (Wildman–Crippen MR) is 211 cm³/mol. The van der Waals surface area contributed by atoms with Crippen molar-refractivity contribution < 1.29 is 22.8 Å². The topological polar surface area (TPSA) is 54.0 Å². The van der Waals surface area contributed by atoms with Gasteiger partial charge in [0.05, 0.1) is 12.7 Å². The van der Waals surface area contributed by atoms with Crippen molar-refractivity contribution in [2.75, 3.05) is 6.61 Å². The van der Waals surface area contributed by atoms with Gasteiger partial charge in [0.15, 0.2) is 8.32 Å². The Hall–Kier alpha value is -0.259. The number of rotatable bonds is 20. The van der Waals surface area contributed by atoms with Gasteiger partial charge in [0, 0.05) is 18.1 Å². The maximum atomic E-state index is 12.3. The van der Waals surface area contributed by atoms with Crippen LogP contribution in [-0.4, -0.2) is 55.8 Å². The van der Waals surface area contributed by atoms with Crippen LogP contribution < -0.4 is 0 Å². The molecule has 0 aromatic carbocycles. The Kier molecular flexibility index (Phi) is 17.4. The van der Waals surface area contributed by atoms with Crippen LogP contribution in [-0.2, 0) is 22.8 Å². The molecule has 0 N–H and O–H groups in total. The summed E-state index contributed by atoms with van der Waals surface area (Å²) in [5.74, 6) is 0.298. The van der Waals surface area contributed by atoms with Crippen molar-refractivity contribution in [3.8, 4) is 0 Å². The lowest BCUT2D eigenvalue weighted by Crippen LogP contribution is -2.54. The fourth-order valence-corrected chi connectivity index (χ4v) is 20.9. The third-order valence-corrected chi connectivity index (χ3v) is 29.1. The summed E-state index contributed by atoms with van der Waals surface area (Å²) in [5.41, 5.74) is 2.96. The predicted octanol–water partition coefficient (Wildman–Crippen LogP) is 12.4. The molecule has 0 saturated heterocycles. The monoisotopic (exact) mass is 713 g/mol. The highest BCUT2D eigenvalue weighted by atomic mass is 28.4. The van der Waals surface area contributed by atoms with Gasteiger partial charge in [0.25, 0.3) is 0 Å². The smallest absolute Gasteiger partial charge is 0.330 e. The molecule has 5 atom stereocenters. The molecule has 0 fully saturated rings. The quantitative estimate of drug-likeness (QED) is 0.0929. The summed E-state index contributed by atoms with van der Waals surface area (Å²) < 4.78 is 28.2. The van der Waals surface area contributed by atoms with Crippen LogP contribution in [0.3, 0.4) is 0 Å². The summed E-state index contributed by atoms with van der Waals surface area (Å²) in [6.07, 6.45) is 7.29. The van der Waals surface area contributed by atoms with Crippen LogP contribution in [0.25, 0.3) is 0 Å². The molecule has 47 heavy (non-hydrogen) atoms. The molecule has 0 bridgehead atoms. The lowest BCUT2D eigenvalue weighted by atomic mass is 9.85. The van der Waals surface area contributed by atoms with Gasteiger partial charge in [0.2, 0.25) is 16.6 Å². The van der Waals surface area contributed by atoms with Crippen LogP contribution in [0.4, 0.5) is 0 Å². The zero-order valence-electron chi connectivity index (χ0n) is 34.6. The van der Waals surface area contributed by atoms with Crippen molar-refractivity contribution in [1.29, 1.82) is 0 Å². The normalized spacial score (nSPS) is 20.7. The Morgan fingerprint density at radius 3 is 1.53 bits per heavy atom. The number of cyclic esters (lactones) is 1. The highest BCUT2D eigenvalue weighted by Crippen LogP contribution is 2.47. The van der Waals surface area contributed by atoms with E-state index in [0.717, 1.165) is 25.7 Å². The van der Waals surface area contributed by atoms with E-state index in [0.29, 0.717) is 39.9 Å². The molecule has 0 aromatic rings. The van der Waals surface area contributed by atoms with Crippen LogP contribution in [0.5, 0.6) is 0 Å². The summed E-state index contributed by atoms with van der Waals surface area (Å²) in [4.78, 5) is 12.3. The highest BCUT2D eigenvalue weighted by molar-refractivity contribution is 6.78. The van der Waals surface area contributed by atoms with Gasteiger partial charge in [-0.2, -0.15) is 0 Å². The molecular weight excluding hydrogens is 633 g/mol. The van der Waals surface area contributed by atoms with Gasteiger partial charge < -0.3 is 18.0 Å². The Morgan fingerprint density at radius 2 is 1.15 bits per heavy atom. The first-order valence-corrected chi connectivity index (χ1v) is 26.5. The van der Waals surface area contributed by atoms with Crippen LogP contribution in [0.1, 0.15) is 143 Å². The molecule has 5 nitrogen and oxygen atoms in total. The zero-order chi connectivity index (χ0) is 36.7. The van der Waals surface area contributed by atoms with Gasteiger partial charge in [-0.15, -0.1) is 0 Å². The molecule has 278 valence electrons. The second-order valence-electron chi connectivity index (χ2n) is 18.3. The van der Waals surface area contributed by atoms with Gasteiger partial charge in [-0.25, -0.2) is 4.79 Å². The van der Waals surface area contributed by atoms with E-state index in [-0.39, 0.29) is 41.2 Å². The zero-order valence-corrected chi connectivity index (χ0v) is 37.6. The van der Waals surface area contributed by atoms with E-state index in [9.17, 15) is 4.79 Å². The van der Waals surface area contributed by atoms with E-state index in [1.807, 2.05) is 0 Å². The first kappa shape index (κ1) is 44.8. The lowest BCUT2D eigenvalue weighted by Gasteiger charge is -2.48. The molecular formula is C39H80O5Si3. The Morgan fingerprint density at radius 1 is 0.723 bits per heavy atom. The first-order chi connectivity index (χ1) is 21.4. The summed E-state index contributed by atoms with van der Waals surface area (Å²) in [6, 6.07) is 0. The number of esters is 1. The van der Waals surface area contributed by atoms with Crippen LogP contribution in [0.2, 0.25) is 51.4 Å². The van der Waals surface area contributed by atoms with Gasteiger partial charge >= 0.3 is 5.97 Å². The molecule has 1 heterocycles. The Bertz CT molecular complexity index is 923. The standard InChI is InChI=1S/C39H80O5Si3/c1-20-34-22-24-37(40)42-38(34)33(14)21-23-35(43-46(27(2)3,28(4)5)29(6)7)25-36(26-41-45(18,19)39(15,16)17)44-47(30(8)9,31(10)11)32(12)13/h22,24,27-36,38H,20-21,23,25-26H2,1-19H3/t33-,34-,35-,36+,38-/m1/s1. The molecule has 0 radical (unpaired) electrons. The Labute approximate surface area is 296 Å². The van der Waals surface area contributed by atoms with Crippen LogP contribution in [0.15, 0.2) is 12.2 Å². The molecule has 1 aliphatic rings. The number of hydrogen-bond donors (Lipinski definition) is 0. The fraction of sp³-hybridized carbons (Fsp3) is 0.923. The fourth-order valence-electron chi connectivity index (χ4n) is 8.67. The van der Waals surface area contributed by atoms with Crippen molar-refractivity contribution in [1.82, 2.24) is 0 Å². The molecule has 0 spiro atoms. The van der Waals surface area contributed by atoms with E-state index in [2.05, 4.69) is 137 Å². The minimum absolute atomic E-state index is 0.0275. The van der Waals surface area contributed by atoms with E-state index < -0.39 is 25.0 Å². The van der Waals surface area contributed by atoms with Crippen molar-refractivity contribution in [2.24, 2.45) is 11.8 Å². The van der Waals surface area contributed by atoms with Crippen molar-refractivity contribution in [2.45, 2.75) is 213 Å². The molecule has 0 unspecified atom stereocenters. The van der Waals surface area contributed by atoms with Crippen LogP contribution >= 0.6 is 0 Å². The average Bonchev–Trinajstić information content (AvgIpc) is 2.93. The molecule has 0 saturated carbocycles. The SMILES string of the molecule is CC[C@@H]1C=CC(=O)O[C@@H]1[C@H](C)CC[C@H](C[C@@H](CO[Si](C)(C)C(C)(C)C)O[Si](C(C)C)(C(C)C)C(C)C)O[Si](C(C)C)(C(C)C)C(C)C. The molecule has 0 amide bonds. The number of ether oxygens (including phenoxy) is 1. The summed E-state index contributed by atoms with van der Waals surface area (Å²) in [6.45, 7) is 45.3. The number of carbonyl (C=O) groups excluding carboxylic acids is 1. The van der Waals surface area contributed by atoms with Crippen molar-refractivity contribution in [3.05, 3.63) is 12.2 Å². The highest BCUT2D eigenvalue weighted by Gasteiger charge is 2.50. The van der Waals surface area contributed by atoms with E-state index in [1.54, 1.807) is 6.08 Å². The van der Waals surface area contributed by atoms with Crippen molar-refractivity contribution >= 4 is 30.9 Å². The van der Waals surface area contributed by atoms with Gasteiger partial charge in [-0.05, 0) is 83.0 Å². The number of carbonyl (C=O) groups is 1. The minimum atomic E-state index is -2.19. The molecule has 8 heteroatoms. The van der Waals surface area contributed by atoms with Crippen LogP contribution in [0, 0.1) is 11.8 Å². The second kappa shape index (κ2) is 18.3. The van der Waals surface area contributed by atoms with E-state index in [1.165, 1.54) is 0 Å². The van der Waals surface area contributed by atoms with Gasteiger partial charge in [-0.3, -0.25) is 0 Å². The van der Waals surface area contributed by atoms with Gasteiger partial charge in [0.1, 0.15) is 6.10 Å². The molecule has 0 aromatic heterocycles.